The van der Waals surface area contributed by atoms with E-state index in [0.717, 1.165) is 11.1 Å². The van der Waals surface area contributed by atoms with Crippen LogP contribution >= 0.6 is 0 Å². The number of rotatable bonds is 5. The van der Waals surface area contributed by atoms with Crippen LogP contribution in [0.5, 0.6) is 11.5 Å². The fourth-order valence-electron chi connectivity index (χ4n) is 3.76. The zero-order chi connectivity index (χ0) is 22.1. The standard InChI is InChI=1S/C22H19N7O3/c1-31-16-11-9-14(12-17(16)32-2)20-18-15(10-8-13-6-4-3-5-7-13)24-25-21(30)19(18)23-22-26-27-28-29(20)22/h3-12,20H,1-2H3,(H,25,30)(H,23,26,28)/b10-8+/t20-/m1/s1. The van der Waals surface area contributed by atoms with Gasteiger partial charge in [-0.25, -0.2) is 5.10 Å². The quantitative estimate of drug-likeness (QED) is 0.438. The summed E-state index contributed by atoms with van der Waals surface area (Å²) >= 11 is 0. The van der Waals surface area contributed by atoms with Crippen molar-refractivity contribution in [2.75, 3.05) is 19.5 Å². The van der Waals surface area contributed by atoms with E-state index < -0.39 is 6.04 Å². The third-order valence-corrected chi connectivity index (χ3v) is 5.25. The lowest BCUT2D eigenvalue weighted by Crippen LogP contribution is -2.29. The maximum Gasteiger partial charge on any atom is 0.288 e. The number of aromatic amines is 1. The minimum absolute atomic E-state index is 0.342. The highest BCUT2D eigenvalue weighted by Gasteiger charge is 2.33. The number of anilines is 2. The molecule has 0 radical (unpaired) electrons. The van der Waals surface area contributed by atoms with Gasteiger partial charge in [-0.15, -0.1) is 0 Å². The minimum Gasteiger partial charge on any atom is -0.493 e. The van der Waals surface area contributed by atoms with Gasteiger partial charge in [-0.2, -0.15) is 9.78 Å². The first-order valence-corrected chi connectivity index (χ1v) is 9.82. The summed E-state index contributed by atoms with van der Waals surface area (Å²) in [6.07, 6.45) is 3.79. The van der Waals surface area contributed by atoms with Gasteiger partial charge >= 0.3 is 0 Å². The van der Waals surface area contributed by atoms with Gasteiger partial charge in [-0.05, 0) is 39.8 Å². The van der Waals surface area contributed by atoms with Gasteiger partial charge in [-0.3, -0.25) is 4.79 Å². The Kier molecular flexibility index (Phi) is 4.86. The third kappa shape index (κ3) is 3.27. The van der Waals surface area contributed by atoms with Crippen molar-refractivity contribution in [1.29, 1.82) is 0 Å². The normalized spacial score (nSPS) is 14.5. The van der Waals surface area contributed by atoms with Gasteiger partial charge < -0.3 is 14.8 Å². The predicted molar refractivity (Wildman–Crippen MR) is 118 cm³/mol. The van der Waals surface area contributed by atoms with Crippen molar-refractivity contribution in [3.63, 3.8) is 0 Å². The van der Waals surface area contributed by atoms with Crippen LogP contribution in [0, 0.1) is 0 Å². The summed E-state index contributed by atoms with van der Waals surface area (Å²) in [5, 5.41) is 21.9. The first-order chi connectivity index (χ1) is 15.7. The van der Waals surface area contributed by atoms with E-state index in [0.29, 0.717) is 34.4 Å². The molecule has 2 N–H and O–H groups in total. The SMILES string of the molecule is COc1ccc([C@@H]2c3c(/C=C/c4ccccc4)n[nH]c(=O)c3Nc3nnnn32)cc1OC. The molecule has 0 saturated carbocycles. The van der Waals surface area contributed by atoms with Gasteiger partial charge in [0.2, 0.25) is 5.95 Å². The van der Waals surface area contributed by atoms with Crippen molar-refractivity contribution in [2.24, 2.45) is 0 Å². The molecule has 0 amide bonds. The van der Waals surface area contributed by atoms with Gasteiger partial charge in [0.1, 0.15) is 11.7 Å². The van der Waals surface area contributed by atoms with Crippen LogP contribution in [0.25, 0.3) is 12.2 Å². The molecule has 1 aliphatic rings. The fraction of sp³-hybridized carbons (Fsp3) is 0.136. The smallest absolute Gasteiger partial charge is 0.288 e. The Labute approximate surface area is 182 Å². The molecule has 0 bridgehead atoms. The van der Waals surface area contributed by atoms with E-state index in [9.17, 15) is 4.79 Å². The number of aromatic nitrogens is 6. The number of nitrogens with zero attached hydrogens (tertiary/aromatic N) is 5. The fourth-order valence-corrected chi connectivity index (χ4v) is 3.76. The Bertz CT molecular complexity index is 1360. The predicted octanol–water partition coefficient (Wildman–Crippen LogP) is 2.64. The lowest BCUT2D eigenvalue weighted by molar-refractivity contribution is 0.354. The maximum absolute atomic E-state index is 12.7. The lowest BCUT2D eigenvalue weighted by Gasteiger charge is -2.27. The molecule has 160 valence electrons. The highest BCUT2D eigenvalue weighted by atomic mass is 16.5. The first-order valence-electron chi connectivity index (χ1n) is 9.82. The zero-order valence-electron chi connectivity index (χ0n) is 17.3. The van der Waals surface area contributed by atoms with Crippen LogP contribution < -0.4 is 20.3 Å². The minimum atomic E-state index is -0.513. The molecule has 2 aromatic heterocycles. The van der Waals surface area contributed by atoms with E-state index in [4.69, 9.17) is 9.47 Å². The Morgan fingerprint density at radius 2 is 1.84 bits per heavy atom. The summed E-state index contributed by atoms with van der Waals surface area (Å²) < 4.78 is 12.5. The molecule has 1 atom stereocenters. The van der Waals surface area contributed by atoms with Crippen LogP contribution in [0.15, 0.2) is 53.3 Å². The second-order valence-electron chi connectivity index (χ2n) is 7.06. The van der Waals surface area contributed by atoms with Crippen LogP contribution in [0.4, 0.5) is 11.6 Å². The number of ether oxygens (including phenoxy) is 2. The summed E-state index contributed by atoms with van der Waals surface area (Å²) in [6, 6.07) is 14.9. The van der Waals surface area contributed by atoms with Gasteiger partial charge in [-0.1, -0.05) is 47.6 Å². The Balaban J connectivity index is 1.71. The zero-order valence-corrected chi connectivity index (χ0v) is 17.3. The van der Waals surface area contributed by atoms with E-state index in [1.807, 2.05) is 54.6 Å². The van der Waals surface area contributed by atoms with Crippen molar-refractivity contribution in [2.45, 2.75) is 6.04 Å². The third-order valence-electron chi connectivity index (χ3n) is 5.25. The van der Waals surface area contributed by atoms with Crippen LogP contribution in [0.2, 0.25) is 0 Å². The number of benzene rings is 2. The molecule has 10 heteroatoms. The number of tetrazole rings is 1. The summed E-state index contributed by atoms with van der Waals surface area (Å²) in [5.41, 5.74) is 3.01. The van der Waals surface area contributed by atoms with Crippen molar-refractivity contribution in [1.82, 2.24) is 30.4 Å². The number of fused-ring (bicyclic) bond motifs is 2. The highest BCUT2D eigenvalue weighted by Crippen LogP contribution is 2.40. The van der Waals surface area contributed by atoms with E-state index in [1.165, 1.54) is 0 Å². The maximum atomic E-state index is 12.7. The van der Waals surface area contributed by atoms with Crippen molar-refractivity contribution in [3.05, 3.63) is 81.3 Å². The Morgan fingerprint density at radius 1 is 1.03 bits per heavy atom. The molecule has 0 unspecified atom stereocenters. The molecular formula is C22H19N7O3. The highest BCUT2D eigenvalue weighted by molar-refractivity contribution is 5.75. The Hall–Kier alpha value is -4.47. The molecule has 5 rings (SSSR count). The van der Waals surface area contributed by atoms with Gasteiger partial charge in [0.25, 0.3) is 5.56 Å². The van der Waals surface area contributed by atoms with Crippen LogP contribution in [0.1, 0.15) is 28.4 Å². The molecule has 2 aromatic carbocycles. The van der Waals surface area contributed by atoms with Crippen LogP contribution in [-0.4, -0.2) is 44.6 Å². The number of H-pyrrole nitrogens is 1. The average Bonchev–Trinajstić information content (AvgIpc) is 3.31. The van der Waals surface area contributed by atoms with E-state index in [2.05, 4.69) is 31.0 Å². The summed E-state index contributed by atoms with van der Waals surface area (Å²) in [6.45, 7) is 0. The van der Waals surface area contributed by atoms with Crippen LogP contribution in [-0.2, 0) is 0 Å². The van der Waals surface area contributed by atoms with Crippen LogP contribution in [0.3, 0.4) is 0 Å². The molecule has 0 fully saturated rings. The number of hydrogen-bond donors (Lipinski definition) is 2. The molecule has 0 spiro atoms. The van der Waals surface area contributed by atoms with E-state index in [1.54, 1.807) is 25.0 Å². The number of hydrogen-bond acceptors (Lipinski definition) is 8. The van der Waals surface area contributed by atoms with E-state index in [-0.39, 0.29) is 5.56 Å². The van der Waals surface area contributed by atoms with Crippen molar-refractivity contribution >= 4 is 23.8 Å². The summed E-state index contributed by atoms with van der Waals surface area (Å²) in [4.78, 5) is 12.7. The summed E-state index contributed by atoms with van der Waals surface area (Å²) in [5.74, 6) is 1.50. The first kappa shape index (κ1) is 19.5. The Morgan fingerprint density at radius 3 is 2.62 bits per heavy atom. The second-order valence-corrected chi connectivity index (χ2v) is 7.06. The van der Waals surface area contributed by atoms with Gasteiger partial charge in [0.15, 0.2) is 11.5 Å². The molecule has 0 aliphatic carbocycles. The van der Waals surface area contributed by atoms with Gasteiger partial charge in [0, 0.05) is 5.56 Å². The lowest BCUT2D eigenvalue weighted by atomic mass is 9.94. The molecule has 3 heterocycles. The monoisotopic (exact) mass is 429 g/mol. The molecule has 4 aromatic rings. The topological polar surface area (TPSA) is 120 Å². The number of nitrogens with one attached hydrogen (secondary N) is 2. The average molecular weight is 429 g/mol. The molecular weight excluding hydrogens is 410 g/mol. The molecule has 32 heavy (non-hydrogen) atoms. The largest absolute Gasteiger partial charge is 0.493 e. The van der Waals surface area contributed by atoms with Crippen molar-refractivity contribution < 1.29 is 9.47 Å². The van der Waals surface area contributed by atoms with Crippen molar-refractivity contribution in [3.8, 4) is 11.5 Å². The summed E-state index contributed by atoms with van der Waals surface area (Å²) in [7, 11) is 3.15. The molecule has 10 nitrogen and oxygen atoms in total. The molecule has 0 saturated heterocycles. The van der Waals surface area contributed by atoms with Gasteiger partial charge in [0.05, 0.1) is 19.9 Å². The number of methoxy groups -OCH3 is 2. The molecule has 1 aliphatic heterocycles. The second kappa shape index (κ2) is 7.99. The van der Waals surface area contributed by atoms with E-state index >= 15 is 0 Å².